The number of carbonyl (C=O) groups excluding carboxylic acids is 1. The molecule has 1 N–H and O–H groups in total. The molecular weight excluding hydrogens is 184 g/mol. The number of aliphatic hydroxyl groups excluding tert-OH is 1. The predicted octanol–water partition coefficient (Wildman–Crippen LogP) is 0.172. The van der Waals surface area contributed by atoms with Crippen molar-refractivity contribution in [2.75, 3.05) is 0 Å². The van der Waals surface area contributed by atoms with Gasteiger partial charge in [0.1, 0.15) is 18.3 Å². The molecule has 0 radical (unpaired) electrons. The van der Waals surface area contributed by atoms with E-state index >= 15 is 0 Å². The first-order chi connectivity index (χ1) is 6.66. The number of aliphatic hydroxyl groups is 1. The molecule has 0 saturated carbocycles. The number of rotatable bonds is 0. The summed E-state index contributed by atoms with van der Waals surface area (Å²) in [4.78, 5) is 11.1. The maximum absolute atomic E-state index is 11.1. The van der Waals surface area contributed by atoms with Crippen LogP contribution >= 0.6 is 0 Å². The highest BCUT2D eigenvalue weighted by molar-refractivity contribution is 5.82. The first-order valence-electron chi connectivity index (χ1n) is 4.57. The van der Waals surface area contributed by atoms with Crippen LogP contribution in [0.1, 0.15) is 6.92 Å². The molecule has 76 valence electrons. The van der Waals surface area contributed by atoms with E-state index in [1.807, 2.05) is 0 Å². The summed E-state index contributed by atoms with van der Waals surface area (Å²) < 4.78 is 10.3. The van der Waals surface area contributed by atoms with Gasteiger partial charge in [-0.15, -0.1) is 0 Å². The molecule has 4 atom stereocenters. The second kappa shape index (κ2) is 3.55. The van der Waals surface area contributed by atoms with Crippen molar-refractivity contribution >= 4 is 5.97 Å². The van der Waals surface area contributed by atoms with Crippen molar-refractivity contribution in [1.82, 2.24) is 0 Å². The van der Waals surface area contributed by atoms with E-state index in [0.29, 0.717) is 0 Å². The second-order valence-electron chi connectivity index (χ2n) is 3.44. The SMILES string of the molecule is C[C@H]1OC(=O)/C=C\[C@H](O)/C=C/[C@@H]2O[C@@H]21. The highest BCUT2D eigenvalue weighted by atomic mass is 16.6. The minimum atomic E-state index is -0.749. The van der Waals surface area contributed by atoms with Gasteiger partial charge in [-0.2, -0.15) is 0 Å². The molecule has 4 heteroatoms. The van der Waals surface area contributed by atoms with E-state index in [2.05, 4.69) is 0 Å². The van der Waals surface area contributed by atoms with Gasteiger partial charge in [0.05, 0.1) is 6.10 Å². The third-order valence-corrected chi connectivity index (χ3v) is 2.25. The molecule has 1 fully saturated rings. The van der Waals surface area contributed by atoms with Crippen molar-refractivity contribution in [3.05, 3.63) is 24.3 Å². The van der Waals surface area contributed by atoms with E-state index in [1.54, 1.807) is 19.1 Å². The number of hydrogen-bond donors (Lipinski definition) is 1. The van der Waals surface area contributed by atoms with Gasteiger partial charge < -0.3 is 14.6 Å². The zero-order valence-corrected chi connectivity index (χ0v) is 7.79. The Morgan fingerprint density at radius 1 is 1.36 bits per heavy atom. The highest BCUT2D eigenvalue weighted by Gasteiger charge is 2.43. The van der Waals surface area contributed by atoms with Crippen LogP contribution in [-0.4, -0.2) is 35.5 Å². The molecule has 0 amide bonds. The van der Waals surface area contributed by atoms with Gasteiger partial charge in [-0.3, -0.25) is 0 Å². The van der Waals surface area contributed by atoms with Crippen molar-refractivity contribution in [3.63, 3.8) is 0 Å². The van der Waals surface area contributed by atoms with Crippen molar-refractivity contribution < 1.29 is 19.4 Å². The molecule has 0 aromatic carbocycles. The van der Waals surface area contributed by atoms with E-state index in [0.717, 1.165) is 0 Å². The van der Waals surface area contributed by atoms with Gasteiger partial charge in [-0.1, -0.05) is 12.2 Å². The molecular formula is C10H12O4. The number of epoxide rings is 1. The summed E-state index contributed by atoms with van der Waals surface area (Å²) >= 11 is 0. The zero-order chi connectivity index (χ0) is 10.1. The lowest BCUT2D eigenvalue weighted by atomic mass is 10.2. The number of esters is 1. The highest BCUT2D eigenvalue weighted by Crippen LogP contribution is 2.28. The van der Waals surface area contributed by atoms with Crippen LogP contribution in [0.25, 0.3) is 0 Å². The molecule has 2 heterocycles. The molecule has 0 aromatic heterocycles. The Bertz CT molecular complexity index is 294. The fourth-order valence-electron chi connectivity index (χ4n) is 1.42. The molecule has 2 rings (SSSR count). The number of cyclic esters (lactones) is 1. The standard InChI is InChI=1S/C10H12O4/c1-6-10-8(14-10)4-2-7(11)3-5-9(12)13-6/h2-8,10-11H,1H3/b4-2+,5-3-/t6-,7-,8+,10-/m1/s1. The number of ether oxygens (including phenoxy) is 2. The van der Waals surface area contributed by atoms with Crippen LogP contribution in [-0.2, 0) is 14.3 Å². The Balaban J connectivity index is 2.11. The number of carbonyl (C=O) groups is 1. The van der Waals surface area contributed by atoms with Crippen molar-refractivity contribution in [1.29, 1.82) is 0 Å². The van der Waals surface area contributed by atoms with Gasteiger partial charge in [-0.25, -0.2) is 4.79 Å². The van der Waals surface area contributed by atoms with Gasteiger partial charge in [0.15, 0.2) is 0 Å². The van der Waals surface area contributed by atoms with Crippen LogP contribution in [0.5, 0.6) is 0 Å². The molecule has 0 aromatic rings. The lowest BCUT2D eigenvalue weighted by molar-refractivity contribution is -0.143. The smallest absolute Gasteiger partial charge is 0.330 e. The first-order valence-corrected chi connectivity index (χ1v) is 4.57. The molecule has 1 saturated heterocycles. The van der Waals surface area contributed by atoms with E-state index in [9.17, 15) is 9.90 Å². The number of hydrogen-bond acceptors (Lipinski definition) is 4. The summed E-state index contributed by atoms with van der Waals surface area (Å²) in [7, 11) is 0. The van der Waals surface area contributed by atoms with Crippen LogP contribution in [0.3, 0.4) is 0 Å². The predicted molar refractivity (Wildman–Crippen MR) is 48.5 cm³/mol. The van der Waals surface area contributed by atoms with Crippen LogP contribution in [0.4, 0.5) is 0 Å². The lowest BCUT2D eigenvalue weighted by Crippen LogP contribution is -2.21. The normalized spacial score (nSPS) is 46.0. The summed E-state index contributed by atoms with van der Waals surface area (Å²) in [6, 6.07) is 0. The Morgan fingerprint density at radius 2 is 2.14 bits per heavy atom. The minimum absolute atomic E-state index is 0.0288. The maximum Gasteiger partial charge on any atom is 0.330 e. The van der Waals surface area contributed by atoms with Crippen LogP contribution < -0.4 is 0 Å². The fraction of sp³-hybridized carbons (Fsp3) is 0.500. The minimum Gasteiger partial charge on any atom is -0.457 e. The van der Waals surface area contributed by atoms with E-state index < -0.39 is 12.1 Å². The Labute approximate surface area is 81.8 Å². The van der Waals surface area contributed by atoms with Crippen molar-refractivity contribution in [2.24, 2.45) is 0 Å². The lowest BCUT2D eigenvalue weighted by Gasteiger charge is -2.09. The first kappa shape index (κ1) is 9.43. The van der Waals surface area contributed by atoms with Crippen LogP contribution in [0, 0.1) is 0 Å². The summed E-state index contributed by atoms with van der Waals surface area (Å²) in [5, 5.41) is 9.31. The molecule has 0 spiro atoms. The van der Waals surface area contributed by atoms with Crippen molar-refractivity contribution in [2.45, 2.75) is 31.3 Å². The van der Waals surface area contributed by atoms with Crippen molar-refractivity contribution in [3.8, 4) is 0 Å². The van der Waals surface area contributed by atoms with E-state index in [1.165, 1.54) is 12.2 Å². The van der Waals surface area contributed by atoms with Gasteiger partial charge in [0, 0.05) is 6.08 Å². The largest absolute Gasteiger partial charge is 0.457 e. The summed E-state index contributed by atoms with van der Waals surface area (Å²) in [6.07, 6.45) is 4.93. The quantitative estimate of drug-likeness (QED) is 0.341. The summed E-state index contributed by atoms with van der Waals surface area (Å²) in [5.74, 6) is -0.443. The van der Waals surface area contributed by atoms with Gasteiger partial charge in [0.25, 0.3) is 0 Å². The Morgan fingerprint density at radius 3 is 2.93 bits per heavy atom. The third kappa shape index (κ3) is 2.02. The molecule has 0 unspecified atom stereocenters. The third-order valence-electron chi connectivity index (χ3n) is 2.25. The molecule has 0 aliphatic carbocycles. The topological polar surface area (TPSA) is 59.1 Å². The average molecular weight is 196 g/mol. The Hall–Kier alpha value is -1.13. The second-order valence-corrected chi connectivity index (χ2v) is 3.44. The van der Waals surface area contributed by atoms with E-state index in [-0.39, 0.29) is 18.3 Å². The number of fused-ring (bicyclic) bond motifs is 1. The molecule has 4 nitrogen and oxygen atoms in total. The average Bonchev–Trinajstić information content (AvgIpc) is 2.89. The van der Waals surface area contributed by atoms with Crippen LogP contribution in [0.15, 0.2) is 24.3 Å². The van der Waals surface area contributed by atoms with Gasteiger partial charge in [-0.05, 0) is 13.0 Å². The molecule has 2 aliphatic rings. The van der Waals surface area contributed by atoms with Crippen LogP contribution in [0.2, 0.25) is 0 Å². The van der Waals surface area contributed by atoms with Gasteiger partial charge >= 0.3 is 5.97 Å². The Kier molecular flexibility index (Phi) is 2.39. The summed E-state index contributed by atoms with van der Waals surface area (Å²) in [5.41, 5.74) is 0. The monoisotopic (exact) mass is 196 g/mol. The summed E-state index contributed by atoms with van der Waals surface area (Å²) in [6.45, 7) is 1.79. The zero-order valence-electron chi connectivity index (χ0n) is 7.79. The molecule has 14 heavy (non-hydrogen) atoms. The maximum atomic E-state index is 11.1. The molecule has 0 bridgehead atoms. The van der Waals surface area contributed by atoms with Gasteiger partial charge in [0.2, 0.25) is 0 Å². The molecule has 2 aliphatic heterocycles. The fourth-order valence-corrected chi connectivity index (χ4v) is 1.42. The van der Waals surface area contributed by atoms with E-state index in [4.69, 9.17) is 9.47 Å².